The van der Waals surface area contributed by atoms with Gasteiger partial charge in [-0.3, -0.25) is 9.59 Å². The minimum atomic E-state index is -1.43. The van der Waals surface area contributed by atoms with Gasteiger partial charge in [-0.25, -0.2) is 0 Å². The summed E-state index contributed by atoms with van der Waals surface area (Å²) in [5, 5.41) is 15.4. The summed E-state index contributed by atoms with van der Waals surface area (Å²) in [5.41, 5.74) is 0.541. The Hall–Kier alpha value is -3.35. The number of carbonyl (C=O) groups excluding carboxylic acids is 3. The maximum atomic E-state index is 12.3. The first-order chi connectivity index (χ1) is 11.5. The van der Waals surface area contributed by atoms with Gasteiger partial charge < -0.3 is 25.0 Å². The van der Waals surface area contributed by atoms with E-state index in [0.717, 1.165) is 0 Å². The van der Waals surface area contributed by atoms with Gasteiger partial charge >= 0.3 is 0 Å². The van der Waals surface area contributed by atoms with Crippen LogP contribution in [0, 0.1) is 0 Å². The van der Waals surface area contributed by atoms with Crippen molar-refractivity contribution in [2.75, 3.05) is 0 Å². The van der Waals surface area contributed by atoms with Crippen molar-refractivity contribution in [3.05, 3.63) is 65.7 Å². The Bertz CT molecular complexity index is 751. The zero-order chi connectivity index (χ0) is 17.5. The molecule has 1 aromatic carbocycles. The van der Waals surface area contributed by atoms with Crippen LogP contribution in [-0.4, -0.2) is 23.8 Å². The van der Waals surface area contributed by atoms with Crippen molar-refractivity contribution >= 4 is 23.9 Å². The predicted octanol–water partition coefficient (Wildman–Crippen LogP) is 0.305. The summed E-state index contributed by atoms with van der Waals surface area (Å²) in [6.07, 6.45) is 2.76. The molecule has 1 atom stereocenters. The van der Waals surface area contributed by atoms with E-state index in [0.29, 0.717) is 5.56 Å². The zero-order valence-corrected chi connectivity index (χ0v) is 12.8. The molecule has 24 heavy (non-hydrogen) atoms. The number of amides is 2. The molecule has 0 aliphatic carbocycles. The molecule has 1 aromatic heterocycles. The van der Waals surface area contributed by atoms with Crippen molar-refractivity contribution in [2.24, 2.45) is 0 Å². The number of benzene rings is 1. The lowest BCUT2D eigenvalue weighted by atomic mass is 10.2. The smallest absolute Gasteiger partial charge is 0.291 e. The second kappa shape index (κ2) is 7.77. The molecule has 0 saturated heterocycles. The number of aliphatic carboxylic acids is 1. The molecule has 0 aliphatic heterocycles. The van der Waals surface area contributed by atoms with Crippen LogP contribution >= 0.6 is 0 Å². The molecule has 2 amide bonds. The van der Waals surface area contributed by atoms with Crippen LogP contribution in [0.3, 0.4) is 0 Å². The first-order valence-corrected chi connectivity index (χ1v) is 7.10. The summed E-state index contributed by atoms with van der Waals surface area (Å²) in [6, 6.07) is 10.6. The van der Waals surface area contributed by atoms with Gasteiger partial charge in [0.1, 0.15) is 5.70 Å². The summed E-state index contributed by atoms with van der Waals surface area (Å²) in [5.74, 6) is -2.79. The molecule has 2 aromatic rings. The quantitative estimate of drug-likeness (QED) is 0.742. The van der Waals surface area contributed by atoms with E-state index in [2.05, 4.69) is 10.6 Å². The van der Waals surface area contributed by atoms with Crippen molar-refractivity contribution in [3.8, 4) is 0 Å². The third kappa shape index (κ3) is 4.57. The Morgan fingerprint density at radius 3 is 2.42 bits per heavy atom. The second-order valence-corrected chi connectivity index (χ2v) is 4.91. The van der Waals surface area contributed by atoms with E-state index in [9.17, 15) is 19.5 Å². The van der Waals surface area contributed by atoms with E-state index in [4.69, 9.17) is 4.42 Å². The average molecular weight is 327 g/mol. The Morgan fingerprint density at radius 1 is 1.12 bits per heavy atom. The number of rotatable bonds is 6. The normalized spacial score (nSPS) is 12.3. The maximum Gasteiger partial charge on any atom is 0.291 e. The highest BCUT2D eigenvalue weighted by atomic mass is 16.4. The fourth-order valence-electron chi connectivity index (χ4n) is 1.80. The van der Waals surface area contributed by atoms with Gasteiger partial charge in [-0.15, -0.1) is 0 Å². The van der Waals surface area contributed by atoms with Gasteiger partial charge in [-0.05, 0) is 30.7 Å². The third-order valence-corrected chi connectivity index (χ3v) is 3.05. The van der Waals surface area contributed by atoms with E-state index in [-0.39, 0.29) is 11.5 Å². The maximum absolute atomic E-state index is 12.3. The zero-order valence-electron chi connectivity index (χ0n) is 12.8. The van der Waals surface area contributed by atoms with Gasteiger partial charge in [0, 0.05) is 0 Å². The Kier molecular flexibility index (Phi) is 5.51. The van der Waals surface area contributed by atoms with E-state index >= 15 is 0 Å². The van der Waals surface area contributed by atoms with Crippen LogP contribution in [0.1, 0.15) is 23.0 Å². The number of hydrogen-bond donors (Lipinski definition) is 2. The molecule has 7 heteroatoms. The average Bonchev–Trinajstić information content (AvgIpc) is 3.09. The SMILES string of the molecule is C[C@@H](NC(=O)/C(=C\c1ccccc1)NC(=O)c1ccco1)C(=O)[O-]. The Morgan fingerprint density at radius 2 is 1.83 bits per heavy atom. The first-order valence-electron chi connectivity index (χ1n) is 7.10. The molecule has 0 bridgehead atoms. The van der Waals surface area contributed by atoms with Gasteiger partial charge in [-0.2, -0.15) is 0 Å². The van der Waals surface area contributed by atoms with Gasteiger partial charge in [0.15, 0.2) is 5.76 Å². The van der Waals surface area contributed by atoms with Crippen LogP contribution in [0.2, 0.25) is 0 Å². The van der Waals surface area contributed by atoms with Crippen LogP contribution in [0.5, 0.6) is 0 Å². The van der Waals surface area contributed by atoms with Crippen LogP contribution in [-0.2, 0) is 9.59 Å². The van der Waals surface area contributed by atoms with Gasteiger partial charge in [-0.1, -0.05) is 30.3 Å². The van der Waals surface area contributed by atoms with Gasteiger partial charge in [0.2, 0.25) is 0 Å². The van der Waals surface area contributed by atoms with Crippen molar-refractivity contribution in [2.45, 2.75) is 13.0 Å². The minimum Gasteiger partial charge on any atom is -0.548 e. The number of carboxylic acids is 1. The van der Waals surface area contributed by atoms with Gasteiger partial charge in [0.25, 0.3) is 11.8 Å². The molecule has 7 nitrogen and oxygen atoms in total. The van der Waals surface area contributed by atoms with E-state index in [1.54, 1.807) is 30.3 Å². The van der Waals surface area contributed by atoms with Crippen molar-refractivity contribution in [3.63, 3.8) is 0 Å². The largest absolute Gasteiger partial charge is 0.548 e. The lowest BCUT2D eigenvalue weighted by molar-refractivity contribution is -0.307. The van der Waals surface area contributed by atoms with Crippen molar-refractivity contribution < 1.29 is 23.9 Å². The van der Waals surface area contributed by atoms with Crippen LogP contribution in [0.4, 0.5) is 0 Å². The van der Waals surface area contributed by atoms with Crippen molar-refractivity contribution in [1.82, 2.24) is 10.6 Å². The molecule has 2 rings (SSSR count). The van der Waals surface area contributed by atoms with E-state index in [1.807, 2.05) is 0 Å². The number of carboxylic acid groups (broad SMARTS) is 1. The van der Waals surface area contributed by atoms with Crippen LogP contribution < -0.4 is 15.7 Å². The molecule has 0 spiro atoms. The third-order valence-electron chi connectivity index (χ3n) is 3.05. The van der Waals surface area contributed by atoms with Gasteiger partial charge in [0.05, 0.1) is 18.3 Å². The predicted molar refractivity (Wildman–Crippen MR) is 83.2 cm³/mol. The van der Waals surface area contributed by atoms with E-state index in [1.165, 1.54) is 31.4 Å². The molecule has 0 unspecified atom stereocenters. The number of furan rings is 1. The molecule has 0 saturated carbocycles. The van der Waals surface area contributed by atoms with Crippen LogP contribution in [0.15, 0.2) is 58.8 Å². The summed E-state index contributed by atoms with van der Waals surface area (Å²) in [6.45, 7) is 1.27. The lowest BCUT2D eigenvalue weighted by Crippen LogP contribution is -2.48. The molecule has 0 aliphatic rings. The second-order valence-electron chi connectivity index (χ2n) is 4.91. The Balaban J connectivity index is 2.24. The summed E-state index contributed by atoms with van der Waals surface area (Å²) in [4.78, 5) is 35.1. The highest BCUT2D eigenvalue weighted by Crippen LogP contribution is 2.07. The molecule has 2 N–H and O–H groups in total. The summed E-state index contributed by atoms with van der Waals surface area (Å²) < 4.78 is 4.97. The summed E-state index contributed by atoms with van der Waals surface area (Å²) >= 11 is 0. The highest BCUT2D eigenvalue weighted by Gasteiger charge is 2.18. The van der Waals surface area contributed by atoms with Crippen LogP contribution in [0.25, 0.3) is 6.08 Å². The number of carbonyl (C=O) groups is 3. The fraction of sp³-hybridized carbons (Fsp3) is 0.118. The number of nitrogens with one attached hydrogen (secondary N) is 2. The lowest BCUT2D eigenvalue weighted by Gasteiger charge is -2.16. The molecular weight excluding hydrogens is 312 g/mol. The summed E-state index contributed by atoms with van der Waals surface area (Å²) in [7, 11) is 0. The van der Waals surface area contributed by atoms with E-state index < -0.39 is 23.8 Å². The molecule has 124 valence electrons. The standard InChI is InChI=1S/C17H16N2O5/c1-11(17(22)23)18-15(20)13(10-12-6-3-2-4-7-12)19-16(21)14-8-5-9-24-14/h2-11H,1H3,(H,18,20)(H,19,21)(H,22,23)/p-1/b13-10+/t11-/m1/s1. The first kappa shape index (κ1) is 17.0. The van der Waals surface area contributed by atoms with Crippen molar-refractivity contribution in [1.29, 1.82) is 0 Å². The molecule has 0 fully saturated rings. The number of hydrogen-bond acceptors (Lipinski definition) is 5. The minimum absolute atomic E-state index is 0.0229. The fourth-order valence-corrected chi connectivity index (χ4v) is 1.80. The Labute approximate surface area is 138 Å². The molecular formula is C17H15N2O5-. The monoisotopic (exact) mass is 327 g/mol. The molecule has 0 radical (unpaired) electrons. The topological polar surface area (TPSA) is 111 Å². The highest BCUT2D eigenvalue weighted by molar-refractivity contribution is 6.05. The molecule has 1 heterocycles.